The van der Waals surface area contributed by atoms with Crippen LogP contribution in [0.2, 0.25) is 0 Å². The van der Waals surface area contributed by atoms with Crippen molar-refractivity contribution >= 4 is 27.3 Å². The van der Waals surface area contributed by atoms with Crippen molar-refractivity contribution in [3.8, 4) is 0 Å². The minimum Gasteiger partial charge on any atom is -0.396 e. The molecule has 0 atom stereocenters. The molecular formula is C15H19NO2S. The molecule has 4 heteroatoms. The quantitative estimate of drug-likeness (QED) is 0.912. The van der Waals surface area contributed by atoms with Crippen LogP contribution in [0.3, 0.4) is 0 Å². The number of hydrogen-bond donors (Lipinski definition) is 1. The van der Waals surface area contributed by atoms with Crippen LogP contribution in [0.5, 0.6) is 0 Å². The lowest BCUT2D eigenvalue weighted by Crippen LogP contribution is -2.32. The second kappa shape index (κ2) is 6.17. The molecule has 19 heavy (non-hydrogen) atoms. The zero-order valence-corrected chi connectivity index (χ0v) is 12.2. The third kappa shape index (κ3) is 2.80. The molecule has 0 saturated carbocycles. The summed E-state index contributed by atoms with van der Waals surface area (Å²) in [5.41, 5.74) is 1.06. The fraction of sp³-hybridized carbons (Fsp3) is 0.400. The largest absolute Gasteiger partial charge is 0.396 e. The summed E-state index contributed by atoms with van der Waals surface area (Å²) in [7, 11) is 0. The molecular weight excluding hydrogens is 258 g/mol. The summed E-state index contributed by atoms with van der Waals surface area (Å²) in [6.45, 7) is 5.38. The van der Waals surface area contributed by atoms with Gasteiger partial charge >= 0.3 is 0 Å². The minimum atomic E-state index is 0.0784. The van der Waals surface area contributed by atoms with E-state index in [1.807, 2.05) is 32.0 Å². The standard InChI is InChI=1S/C15H19NO2S/c1-3-16(9-6-10-17)15(18)14-11(2)12-7-4-5-8-13(12)19-14/h4-5,7-8,17H,3,6,9-10H2,1-2H3. The maximum absolute atomic E-state index is 12.5. The number of benzene rings is 1. The molecule has 0 bridgehead atoms. The zero-order valence-electron chi connectivity index (χ0n) is 11.3. The van der Waals surface area contributed by atoms with E-state index >= 15 is 0 Å². The van der Waals surface area contributed by atoms with E-state index in [9.17, 15) is 4.79 Å². The number of carbonyl (C=O) groups is 1. The van der Waals surface area contributed by atoms with Crippen molar-refractivity contribution in [2.24, 2.45) is 0 Å². The van der Waals surface area contributed by atoms with Crippen LogP contribution in [0.4, 0.5) is 0 Å². The average molecular weight is 277 g/mol. The van der Waals surface area contributed by atoms with E-state index in [4.69, 9.17) is 5.11 Å². The molecule has 3 nitrogen and oxygen atoms in total. The second-order valence-corrected chi connectivity index (χ2v) is 5.57. The van der Waals surface area contributed by atoms with E-state index in [1.54, 1.807) is 16.2 Å². The molecule has 102 valence electrons. The number of amides is 1. The smallest absolute Gasteiger partial charge is 0.264 e. The summed E-state index contributed by atoms with van der Waals surface area (Å²) >= 11 is 1.56. The maximum atomic E-state index is 12.5. The molecule has 1 aromatic carbocycles. The molecule has 2 rings (SSSR count). The monoisotopic (exact) mass is 277 g/mol. The molecule has 1 aromatic heterocycles. The van der Waals surface area contributed by atoms with Crippen molar-refractivity contribution in [1.29, 1.82) is 0 Å². The van der Waals surface area contributed by atoms with Crippen LogP contribution >= 0.6 is 11.3 Å². The third-order valence-electron chi connectivity index (χ3n) is 3.29. The molecule has 0 radical (unpaired) electrons. The SMILES string of the molecule is CCN(CCCO)C(=O)c1sc2ccccc2c1C. The predicted molar refractivity (Wildman–Crippen MR) is 79.8 cm³/mol. The first-order valence-electron chi connectivity index (χ1n) is 6.57. The van der Waals surface area contributed by atoms with Gasteiger partial charge in [0.05, 0.1) is 4.88 Å². The Labute approximate surface area is 117 Å². The van der Waals surface area contributed by atoms with E-state index in [0.29, 0.717) is 19.5 Å². The van der Waals surface area contributed by atoms with Crippen LogP contribution in [0, 0.1) is 6.92 Å². The van der Waals surface area contributed by atoms with Crippen molar-refractivity contribution in [2.75, 3.05) is 19.7 Å². The van der Waals surface area contributed by atoms with Crippen molar-refractivity contribution in [3.63, 3.8) is 0 Å². The Kier molecular flexibility index (Phi) is 4.56. The molecule has 1 amide bonds. The summed E-state index contributed by atoms with van der Waals surface area (Å²) in [5, 5.41) is 10.1. The molecule has 0 spiro atoms. The van der Waals surface area contributed by atoms with Crippen molar-refractivity contribution in [2.45, 2.75) is 20.3 Å². The highest BCUT2D eigenvalue weighted by Crippen LogP contribution is 2.31. The molecule has 0 aliphatic carbocycles. The molecule has 1 heterocycles. The lowest BCUT2D eigenvalue weighted by Gasteiger charge is -2.20. The molecule has 0 unspecified atom stereocenters. The molecule has 0 aliphatic heterocycles. The highest BCUT2D eigenvalue weighted by molar-refractivity contribution is 7.21. The van der Waals surface area contributed by atoms with Gasteiger partial charge in [0.25, 0.3) is 5.91 Å². The number of nitrogens with zero attached hydrogens (tertiary/aromatic N) is 1. The Morgan fingerprint density at radius 3 is 2.74 bits per heavy atom. The van der Waals surface area contributed by atoms with Gasteiger partial charge in [-0.15, -0.1) is 11.3 Å². The first-order chi connectivity index (χ1) is 9.19. The van der Waals surface area contributed by atoms with Crippen molar-refractivity contribution < 1.29 is 9.90 Å². The number of hydrogen-bond acceptors (Lipinski definition) is 3. The zero-order chi connectivity index (χ0) is 13.8. The summed E-state index contributed by atoms with van der Waals surface area (Å²) in [4.78, 5) is 15.1. The highest BCUT2D eigenvalue weighted by Gasteiger charge is 2.19. The summed E-state index contributed by atoms with van der Waals surface area (Å²) in [6.07, 6.45) is 0.628. The van der Waals surface area contributed by atoms with Crippen LogP contribution in [0.25, 0.3) is 10.1 Å². The Morgan fingerprint density at radius 2 is 2.11 bits per heavy atom. The minimum absolute atomic E-state index is 0.0784. The van der Waals surface area contributed by atoms with Gasteiger partial charge in [-0.3, -0.25) is 4.79 Å². The van der Waals surface area contributed by atoms with Crippen LogP contribution in [0.15, 0.2) is 24.3 Å². The van der Waals surface area contributed by atoms with E-state index in [2.05, 4.69) is 6.07 Å². The van der Waals surface area contributed by atoms with Gasteiger partial charge in [-0.1, -0.05) is 18.2 Å². The number of aliphatic hydroxyl groups is 1. The van der Waals surface area contributed by atoms with Crippen molar-refractivity contribution in [1.82, 2.24) is 4.90 Å². The first-order valence-corrected chi connectivity index (χ1v) is 7.39. The Morgan fingerprint density at radius 1 is 1.37 bits per heavy atom. The van der Waals surface area contributed by atoms with E-state index in [-0.39, 0.29) is 12.5 Å². The second-order valence-electron chi connectivity index (χ2n) is 4.51. The summed E-state index contributed by atoms with van der Waals surface area (Å²) in [5.74, 6) is 0.0784. The van der Waals surface area contributed by atoms with Gasteiger partial charge in [-0.2, -0.15) is 0 Å². The molecule has 1 N–H and O–H groups in total. The highest BCUT2D eigenvalue weighted by atomic mass is 32.1. The predicted octanol–water partition coefficient (Wildman–Crippen LogP) is 3.05. The number of rotatable bonds is 5. The van der Waals surface area contributed by atoms with Gasteiger partial charge in [-0.25, -0.2) is 0 Å². The van der Waals surface area contributed by atoms with Crippen LogP contribution in [0.1, 0.15) is 28.6 Å². The topological polar surface area (TPSA) is 40.5 Å². The Balaban J connectivity index is 2.32. The molecule has 0 saturated heterocycles. The number of thiophene rings is 1. The third-order valence-corrected chi connectivity index (χ3v) is 4.55. The van der Waals surface area contributed by atoms with Gasteiger partial charge in [0, 0.05) is 24.4 Å². The van der Waals surface area contributed by atoms with Crippen LogP contribution in [-0.4, -0.2) is 35.6 Å². The van der Waals surface area contributed by atoms with Gasteiger partial charge in [0.15, 0.2) is 0 Å². The lowest BCUT2D eigenvalue weighted by molar-refractivity contribution is 0.0758. The molecule has 2 aromatic rings. The van der Waals surface area contributed by atoms with Gasteiger partial charge < -0.3 is 10.0 Å². The number of aryl methyl sites for hydroxylation is 1. The lowest BCUT2D eigenvalue weighted by atomic mass is 10.1. The Bertz CT molecular complexity index is 577. The molecule has 0 aliphatic rings. The maximum Gasteiger partial charge on any atom is 0.264 e. The Hall–Kier alpha value is -1.39. The van der Waals surface area contributed by atoms with Crippen molar-refractivity contribution in [3.05, 3.63) is 34.7 Å². The molecule has 0 fully saturated rings. The first kappa shape index (κ1) is 14.0. The number of carbonyl (C=O) groups excluding carboxylic acids is 1. The van der Waals surface area contributed by atoms with Crippen LogP contribution < -0.4 is 0 Å². The normalized spacial score (nSPS) is 10.9. The fourth-order valence-electron chi connectivity index (χ4n) is 2.19. The van der Waals surface area contributed by atoms with Crippen LogP contribution in [-0.2, 0) is 0 Å². The van der Waals surface area contributed by atoms with E-state index < -0.39 is 0 Å². The van der Waals surface area contributed by atoms with Gasteiger partial charge in [-0.05, 0) is 37.3 Å². The van der Waals surface area contributed by atoms with Gasteiger partial charge in [0.1, 0.15) is 0 Å². The summed E-state index contributed by atoms with van der Waals surface area (Å²) < 4.78 is 1.15. The number of aliphatic hydroxyl groups excluding tert-OH is 1. The van der Waals surface area contributed by atoms with Gasteiger partial charge in [0.2, 0.25) is 0 Å². The van der Waals surface area contributed by atoms with E-state index in [0.717, 1.165) is 20.5 Å². The van der Waals surface area contributed by atoms with E-state index in [1.165, 1.54) is 0 Å². The number of fused-ring (bicyclic) bond motifs is 1. The summed E-state index contributed by atoms with van der Waals surface area (Å²) in [6, 6.07) is 8.10. The fourth-order valence-corrected chi connectivity index (χ4v) is 3.36. The average Bonchev–Trinajstić information content (AvgIpc) is 2.77.